The molecular weight excluding hydrogens is 338 g/mol. The smallest absolute Gasteiger partial charge is 0.277 e. The quantitative estimate of drug-likeness (QED) is 0.621. The van der Waals surface area contributed by atoms with Crippen LogP contribution in [-0.2, 0) is 5.75 Å². The van der Waals surface area contributed by atoms with Crippen molar-refractivity contribution in [2.75, 3.05) is 14.2 Å². The van der Waals surface area contributed by atoms with E-state index in [1.54, 1.807) is 38.5 Å². The number of nitrogens with zero attached hydrogens (tertiary/aromatic N) is 3. The summed E-state index contributed by atoms with van der Waals surface area (Å²) in [5.74, 6) is 2.34. The van der Waals surface area contributed by atoms with Crippen LogP contribution in [0.1, 0.15) is 11.1 Å². The van der Waals surface area contributed by atoms with Gasteiger partial charge in [0.05, 0.1) is 25.9 Å². The Bertz CT molecular complexity index is 901. The zero-order valence-electron chi connectivity index (χ0n) is 13.7. The van der Waals surface area contributed by atoms with Crippen LogP contribution in [0.4, 0.5) is 0 Å². The van der Waals surface area contributed by atoms with Gasteiger partial charge in [-0.2, -0.15) is 5.26 Å². The lowest BCUT2D eigenvalue weighted by Gasteiger charge is -2.07. The van der Waals surface area contributed by atoms with E-state index in [9.17, 15) is 0 Å². The van der Waals surface area contributed by atoms with E-state index < -0.39 is 0 Å². The van der Waals surface area contributed by atoms with Crippen molar-refractivity contribution in [3.63, 3.8) is 0 Å². The highest BCUT2D eigenvalue weighted by molar-refractivity contribution is 7.98. The number of ether oxygens (including phenoxy) is 2. The predicted molar refractivity (Wildman–Crippen MR) is 93.6 cm³/mol. The van der Waals surface area contributed by atoms with Crippen molar-refractivity contribution in [2.45, 2.75) is 11.0 Å². The molecule has 0 bridgehead atoms. The maximum Gasteiger partial charge on any atom is 0.277 e. The fraction of sp³-hybridized carbons (Fsp3) is 0.167. The minimum atomic E-state index is 0.420. The molecule has 0 atom stereocenters. The Morgan fingerprint density at radius 3 is 2.48 bits per heavy atom. The van der Waals surface area contributed by atoms with Crippen molar-refractivity contribution in [1.29, 1.82) is 5.26 Å². The number of rotatable bonds is 6. The highest BCUT2D eigenvalue weighted by atomic mass is 32.2. The number of methoxy groups -OCH3 is 2. The predicted octanol–water partition coefficient (Wildman–Crippen LogP) is 3.92. The molecule has 0 amide bonds. The third-order valence-electron chi connectivity index (χ3n) is 3.48. The normalized spacial score (nSPS) is 10.3. The number of aromatic nitrogens is 2. The molecule has 6 nitrogen and oxygen atoms in total. The molecule has 0 radical (unpaired) electrons. The van der Waals surface area contributed by atoms with Crippen LogP contribution >= 0.6 is 11.8 Å². The molecule has 126 valence electrons. The first kappa shape index (κ1) is 16.9. The van der Waals surface area contributed by atoms with Gasteiger partial charge in [0.15, 0.2) is 11.5 Å². The Hall–Kier alpha value is -2.98. The molecule has 2 aromatic carbocycles. The van der Waals surface area contributed by atoms with E-state index >= 15 is 0 Å². The highest BCUT2D eigenvalue weighted by Gasteiger charge is 2.12. The van der Waals surface area contributed by atoms with Crippen LogP contribution in [0.25, 0.3) is 11.5 Å². The minimum absolute atomic E-state index is 0.420. The summed E-state index contributed by atoms with van der Waals surface area (Å²) in [5, 5.41) is 17.4. The first-order chi connectivity index (χ1) is 12.2. The molecule has 1 aromatic heterocycles. The van der Waals surface area contributed by atoms with E-state index in [-0.39, 0.29) is 0 Å². The average Bonchev–Trinajstić information content (AvgIpc) is 3.15. The van der Waals surface area contributed by atoms with Gasteiger partial charge in [0, 0.05) is 11.3 Å². The lowest BCUT2D eigenvalue weighted by Crippen LogP contribution is -1.90. The van der Waals surface area contributed by atoms with E-state index in [1.165, 1.54) is 11.8 Å². The van der Waals surface area contributed by atoms with Gasteiger partial charge in [-0.05, 0) is 35.9 Å². The Labute approximate surface area is 149 Å². The van der Waals surface area contributed by atoms with Gasteiger partial charge in [-0.1, -0.05) is 23.9 Å². The topological polar surface area (TPSA) is 81.2 Å². The number of hydrogen-bond acceptors (Lipinski definition) is 7. The average molecular weight is 353 g/mol. The summed E-state index contributed by atoms with van der Waals surface area (Å²) in [6.45, 7) is 0. The second-order valence-electron chi connectivity index (χ2n) is 5.04. The zero-order valence-corrected chi connectivity index (χ0v) is 14.5. The molecule has 7 heteroatoms. The molecule has 0 fully saturated rings. The maximum absolute atomic E-state index is 8.81. The van der Waals surface area contributed by atoms with Crippen LogP contribution < -0.4 is 9.47 Å². The fourth-order valence-corrected chi connectivity index (χ4v) is 2.89. The van der Waals surface area contributed by atoms with Crippen molar-refractivity contribution < 1.29 is 13.9 Å². The van der Waals surface area contributed by atoms with E-state index in [2.05, 4.69) is 16.3 Å². The Morgan fingerprint density at radius 2 is 1.80 bits per heavy atom. The molecule has 0 N–H and O–H groups in total. The molecule has 3 rings (SSSR count). The summed E-state index contributed by atoms with van der Waals surface area (Å²) in [7, 11) is 3.16. The molecule has 0 saturated heterocycles. The van der Waals surface area contributed by atoms with Crippen molar-refractivity contribution in [3.8, 4) is 29.0 Å². The summed E-state index contributed by atoms with van der Waals surface area (Å²) in [4.78, 5) is 0. The Balaban J connectivity index is 1.70. The summed E-state index contributed by atoms with van der Waals surface area (Å²) in [6.07, 6.45) is 0. The first-order valence-electron chi connectivity index (χ1n) is 7.41. The Morgan fingerprint density at radius 1 is 1.04 bits per heavy atom. The van der Waals surface area contributed by atoms with E-state index in [1.807, 2.05) is 18.2 Å². The molecule has 0 spiro atoms. The largest absolute Gasteiger partial charge is 0.493 e. The van der Waals surface area contributed by atoms with Crippen LogP contribution in [0.15, 0.2) is 52.1 Å². The second kappa shape index (κ2) is 7.73. The van der Waals surface area contributed by atoms with E-state index in [0.29, 0.717) is 33.9 Å². The summed E-state index contributed by atoms with van der Waals surface area (Å²) in [5.41, 5.74) is 2.48. The van der Waals surface area contributed by atoms with Crippen LogP contribution in [0.2, 0.25) is 0 Å². The summed E-state index contributed by atoms with van der Waals surface area (Å²) < 4.78 is 16.2. The van der Waals surface area contributed by atoms with Crippen molar-refractivity contribution in [3.05, 3.63) is 53.6 Å². The van der Waals surface area contributed by atoms with E-state index in [0.717, 1.165) is 11.1 Å². The zero-order chi connectivity index (χ0) is 17.6. The molecule has 0 saturated carbocycles. The van der Waals surface area contributed by atoms with Crippen molar-refractivity contribution in [2.24, 2.45) is 0 Å². The van der Waals surface area contributed by atoms with Crippen LogP contribution in [-0.4, -0.2) is 24.4 Å². The number of benzene rings is 2. The molecule has 0 aliphatic carbocycles. The van der Waals surface area contributed by atoms with Crippen LogP contribution in [0.3, 0.4) is 0 Å². The second-order valence-corrected chi connectivity index (χ2v) is 5.97. The Kier molecular flexibility index (Phi) is 5.21. The van der Waals surface area contributed by atoms with Crippen molar-refractivity contribution in [1.82, 2.24) is 10.2 Å². The molecule has 0 aliphatic rings. The molecule has 3 aromatic rings. The molecule has 0 aliphatic heterocycles. The summed E-state index contributed by atoms with van der Waals surface area (Å²) >= 11 is 1.44. The lowest BCUT2D eigenvalue weighted by atomic mass is 10.2. The van der Waals surface area contributed by atoms with Crippen LogP contribution in [0, 0.1) is 11.3 Å². The van der Waals surface area contributed by atoms with Gasteiger partial charge in [-0.25, -0.2) is 0 Å². The number of nitriles is 1. The third kappa shape index (κ3) is 3.92. The van der Waals surface area contributed by atoms with E-state index in [4.69, 9.17) is 19.2 Å². The number of hydrogen-bond donors (Lipinski definition) is 0. The van der Waals surface area contributed by atoms with Gasteiger partial charge >= 0.3 is 0 Å². The number of thioether (sulfide) groups is 1. The van der Waals surface area contributed by atoms with Gasteiger partial charge in [-0.15, -0.1) is 10.2 Å². The third-order valence-corrected chi connectivity index (χ3v) is 4.37. The van der Waals surface area contributed by atoms with Gasteiger partial charge < -0.3 is 13.9 Å². The van der Waals surface area contributed by atoms with Gasteiger partial charge in [0.2, 0.25) is 5.89 Å². The minimum Gasteiger partial charge on any atom is -0.493 e. The fourth-order valence-electron chi connectivity index (χ4n) is 2.17. The maximum atomic E-state index is 8.81. The molecule has 0 unspecified atom stereocenters. The van der Waals surface area contributed by atoms with Gasteiger partial charge in [-0.3, -0.25) is 0 Å². The van der Waals surface area contributed by atoms with Gasteiger partial charge in [0.1, 0.15) is 0 Å². The molecule has 1 heterocycles. The van der Waals surface area contributed by atoms with Gasteiger partial charge in [0.25, 0.3) is 5.22 Å². The summed E-state index contributed by atoms with van der Waals surface area (Å²) in [6, 6.07) is 14.9. The standard InChI is InChI=1S/C18H15N3O3S/c1-22-15-8-7-14(9-16(15)23-2)17-20-21-18(24-17)25-11-13-5-3-12(10-19)4-6-13/h3-9H,11H2,1-2H3. The monoisotopic (exact) mass is 353 g/mol. The molecule has 25 heavy (non-hydrogen) atoms. The van der Waals surface area contributed by atoms with Crippen LogP contribution in [0.5, 0.6) is 11.5 Å². The lowest BCUT2D eigenvalue weighted by molar-refractivity contribution is 0.355. The van der Waals surface area contributed by atoms with Crippen molar-refractivity contribution >= 4 is 11.8 Å². The first-order valence-corrected chi connectivity index (χ1v) is 8.40. The molecular formula is C18H15N3O3S. The highest BCUT2D eigenvalue weighted by Crippen LogP contribution is 2.33. The SMILES string of the molecule is COc1ccc(-c2nnc(SCc3ccc(C#N)cc3)o2)cc1OC.